The highest BCUT2D eigenvalue weighted by Gasteiger charge is 2.28. The van der Waals surface area contributed by atoms with Crippen molar-refractivity contribution in [2.24, 2.45) is 0 Å². The molecule has 0 atom stereocenters. The Morgan fingerprint density at radius 1 is 1.48 bits per heavy atom. The third-order valence-corrected chi connectivity index (χ3v) is 3.56. The van der Waals surface area contributed by atoms with Gasteiger partial charge >= 0.3 is 0 Å². The molecule has 2 aromatic rings. The fraction of sp³-hybridized carbons (Fsp3) is 0.400. The second-order valence-electron chi connectivity index (χ2n) is 5.33. The van der Waals surface area contributed by atoms with Gasteiger partial charge in [-0.3, -0.25) is 9.89 Å². The average molecular weight is 286 g/mol. The third kappa shape index (κ3) is 3.04. The van der Waals surface area contributed by atoms with Crippen LogP contribution in [-0.2, 0) is 6.54 Å². The summed E-state index contributed by atoms with van der Waals surface area (Å²) in [6.07, 6.45) is 2.25. The van der Waals surface area contributed by atoms with E-state index in [2.05, 4.69) is 15.2 Å². The van der Waals surface area contributed by atoms with E-state index in [1.807, 2.05) is 24.3 Å². The topological polar surface area (TPSA) is 71.1 Å². The van der Waals surface area contributed by atoms with E-state index in [1.54, 1.807) is 19.1 Å². The smallest absolute Gasteiger partial charge is 0.293 e. The Morgan fingerprint density at radius 2 is 2.29 bits per heavy atom. The first kappa shape index (κ1) is 13.6. The van der Waals surface area contributed by atoms with Crippen LogP contribution in [0.15, 0.2) is 24.3 Å². The van der Waals surface area contributed by atoms with Crippen LogP contribution in [0.5, 0.6) is 5.75 Å². The first-order chi connectivity index (χ1) is 10.2. The normalized spacial score (nSPS) is 14.0. The molecule has 0 aliphatic heterocycles. The highest BCUT2D eigenvalue weighted by molar-refractivity contribution is 5.90. The van der Waals surface area contributed by atoms with Crippen molar-refractivity contribution in [1.82, 2.24) is 20.1 Å². The van der Waals surface area contributed by atoms with Gasteiger partial charge in [0.05, 0.1) is 7.11 Å². The van der Waals surface area contributed by atoms with Gasteiger partial charge in [0.25, 0.3) is 5.91 Å². The molecule has 0 unspecified atom stereocenters. The number of benzene rings is 1. The van der Waals surface area contributed by atoms with E-state index in [0.29, 0.717) is 12.5 Å². The van der Waals surface area contributed by atoms with Gasteiger partial charge in [0.15, 0.2) is 0 Å². The first-order valence-corrected chi connectivity index (χ1v) is 6.98. The average Bonchev–Trinajstić information content (AvgIpc) is 3.24. The zero-order chi connectivity index (χ0) is 14.8. The number of amides is 1. The fourth-order valence-electron chi connectivity index (χ4n) is 2.20. The van der Waals surface area contributed by atoms with E-state index >= 15 is 0 Å². The van der Waals surface area contributed by atoms with E-state index in [0.717, 1.165) is 30.0 Å². The molecule has 1 amide bonds. The minimum absolute atomic E-state index is 0.180. The molecule has 1 fully saturated rings. The summed E-state index contributed by atoms with van der Waals surface area (Å²) in [6, 6.07) is 7.66. The Morgan fingerprint density at radius 3 is 3.00 bits per heavy atom. The van der Waals surface area contributed by atoms with Gasteiger partial charge < -0.3 is 9.64 Å². The molecule has 1 heterocycles. The summed E-state index contributed by atoms with van der Waals surface area (Å²) >= 11 is 0. The summed E-state index contributed by atoms with van der Waals surface area (Å²) in [6.45, 7) is 0.489. The maximum atomic E-state index is 12.3. The largest absolute Gasteiger partial charge is 0.497 e. The maximum absolute atomic E-state index is 12.3. The molecule has 3 rings (SSSR count). The quantitative estimate of drug-likeness (QED) is 0.912. The molecule has 1 aromatic carbocycles. The van der Waals surface area contributed by atoms with Gasteiger partial charge in [-0.15, -0.1) is 5.10 Å². The van der Waals surface area contributed by atoms with E-state index in [4.69, 9.17) is 4.74 Å². The molecule has 0 saturated heterocycles. The number of carbonyl (C=O) groups is 1. The minimum Gasteiger partial charge on any atom is -0.497 e. The monoisotopic (exact) mass is 286 g/mol. The molecular weight excluding hydrogens is 268 g/mol. The molecule has 1 aromatic heterocycles. The van der Waals surface area contributed by atoms with E-state index in [9.17, 15) is 4.79 Å². The van der Waals surface area contributed by atoms with Crippen molar-refractivity contribution in [3.63, 3.8) is 0 Å². The van der Waals surface area contributed by atoms with E-state index in [1.165, 1.54) is 0 Å². The summed E-state index contributed by atoms with van der Waals surface area (Å²) in [7, 11) is 3.37. The minimum atomic E-state index is -0.180. The highest BCUT2D eigenvalue weighted by Crippen LogP contribution is 2.37. The predicted molar refractivity (Wildman–Crippen MR) is 77.1 cm³/mol. The van der Waals surface area contributed by atoms with Gasteiger partial charge in [0.2, 0.25) is 5.82 Å². The molecule has 0 spiro atoms. The number of nitrogens with one attached hydrogen (secondary N) is 1. The predicted octanol–water partition coefficient (Wildman–Crippen LogP) is 1.96. The molecule has 1 saturated carbocycles. The molecule has 0 bridgehead atoms. The Labute approximate surface area is 123 Å². The summed E-state index contributed by atoms with van der Waals surface area (Å²) in [5.74, 6) is 2.13. The van der Waals surface area contributed by atoms with Crippen LogP contribution in [0.1, 0.15) is 40.8 Å². The number of H-pyrrole nitrogens is 1. The van der Waals surface area contributed by atoms with Crippen molar-refractivity contribution in [2.45, 2.75) is 25.3 Å². The Hall–Kier alpha value is -2.37. The van der Waals surface area contributed by atoms with Crippen LogP contribution in [0.4, 0.5) is 0 Å². The SMILES string of the molecule is COc1cccc(CN(C)C(=O)c2n[nH]c(C3CC3)n2)c1. The number of hydrogen-bond donors (Lipinski definition) is 1. The van der Waals surface area contributed by atoms with Crippen LogP contribution >= 0.6 is 0 Å². The lowest BCUT2D eigenvalue weighted by molar-refractivity contribution is 0.0773. The van der Waals surface area contributed by atoms with Crippen LogP contribution in [0.3, 0.4) is 0 Å². The number of carbonyl (C=O) groups excluding carboxylic acids is 1. The van der Waals surface area contributed by atoms with Crippen LogP contribution in [0.25, 0.3) is 0 Å². The molecule has 1 aliphatic carbocycles. The third-order valence-electron chi connectivity index (χ3n) is 3.56. The van der Waals surface area contributed by atoms with Crippen molar-refractivity contribution in [3.05, 3.63) is 41.5 Å². The molecule has 6 nitrogen and oxygen atoms in total. The van der Waals surface area contributed by atoms with E-state index < -0.39 is 0 Å². The van der Waals surface area contributed by atoms with Gasteiger partial charge in [-0.2, -0.15) is 0 Å². The van der Waals surface area contributed by atoms with Crippen molar-refractivity contribution in [1.29, 1.82) is 0 Å². The standard InChI is InChI=1S/C15H18N4O2/c1-19(9-10-4-3-5-12(8-10)21-2)15(20)14-16-13(17-18-14)11-6-7-11/h3-5,8,11H,6-7,9H2,1-2H3,(H,16,17,18). The Balaban J connectivity index is 1.68. The van der Waals surface area contributed by atoms with Crippen LogP contribution in [-0.4, -0.2) is 40.1 Å². The zero-order valence-electron chi connectivity index (χ0n) is 12.2. The summed E-state index contributed by atoms with van der Waals surface area (Å²) < 4.78 is 5.19. The molecule has 1 N–H and O–H groups in total. The van der Waals surface area contributed by atoms with Gasteiger partial charge in [-0.25, -0.2) is 4.98 Å². The second kappa shape index (κ2) is 5.55. The van der Waals surface area contributed by atoms with Gasteiger partial charge in [0.1, 0.15) is 11.6 Å². The molecule has 110 valence electrons. The van der Waals surface area contributed by atoms with Crippen LogP contribution in [0.2, 0.25) is 0 Å². The number of hydrogen-bond acceptors (Lipinski definition) is 4. The van der Waals surface area contributed by atoms with Crippen molar-refractivity contribution >= 4 is 5.91 Å². The molecule has 1 aliphatic rings. The molecule has 21 heavy (non-hydrogen) atoms. The highest BCUT2D eigenvalue weighted by atomic mass is 16.5. The molecule has 6 heteroatoms. The van der Waals surface area contributed by atoms with E-state index in [-0.39, 0.29) is 11.7 Å². The van der Waals surface area contributed by atoms with Crippen LogP contribution in [0, 0.1) is 0 Å². The lowest BCUT2D eigenvalue weighted by Crippen LogP contribution is -2.27. The number of aromatic nitrogens is 3. The lowest BCUT2D eigenvalue weighted by Gasteiger charge is -2.15. The lowest BCUT2D eigenvalue weighted by atomic mass is 10.2. The van der Waals surface area contributed by atoms with Crippen LogP contribution < -0.4 is 4.74 Å². The Bertz CT molecular complexity index is 649. The number of nitrogens with zero attached hydrogens (tertiary/aromatic N) is 3. The van der Waals surface area contributed by atoms with Gasteiger partial charge in [-0.1, -0.05) is 12.1 Å². The number of aromatic amines is 1. The number of rotatable bonds is 5. The maximum Gasteiger partial charge on any atom is 0.293 e. The van der Waals surface area contributed by atoms with Gasteiger partial charge in [0, 0.05) is 19.5 Å². The molecule has 0 radical (unpaired) electrons. The van der Waals surface area contributed by atoms with Crippen molar-refractivity contribution < 1.29 is 9.53 Å². The van der Waals surface area contributed by atoms with Gasteiger partial charge in [-0.05, 0) is 30.5 Å². The summed E-state index contributed by atoms with van der Waals surface area (Å²) in [4.78, 5) is 18.2. The number of ether oxygens (including phenoxy) is 1. The summed E-state index contributed by atoms with van der Waals surface area (Å²) in [5.41, 5.74) is 1.00. The van der Waals surface area contributed by atoms with Crippen molar-refractivity contribution in [3.8, 4) is 5.75 Å². The first-order valence-electron chi connectivity index (χ1n) is 6.98. The number of methoxy groups -OCH3 is 1. The fourth-order valence-corrected chi connectivity index (χ4v) is 2.20. The zero-order valence-corrected chi connectivity index (χ0v) is 12.2. The Kier molecular flexibility index (Phi) is 3.60. The second-order valence-corrected chi connectivity index (χ2v) is 5.33. The van der Waals surface area contributed by atoms with Crippen molar-refractivity contribution in [2.75, 3.05) is 14.2 Å². The molecular formula is C15H18N4O2. The summed E-state index contributed by atoms with van der Waals surface area (Å²) in [5, 5.41) is 6.88.